The first-order chi connectivity index (χ1) is 14.9. The molecule has 0 amide bonds. The lowest BCUT2D eigenvalue weighted by atomic mass is 10.0. The molecule has 0 fully saturated rings. The van der Waals surface area contributed by atoms with Crippen LogP contribution in [0, 0.1) is 0 Å². The van der Waals surface area contributed by atoms with E-state index in [9.17, 15) is 9.90 Å². The summed E-state index contributed by atoms with van der Waals surface area (Å²) in [5, 5.41) is 12.6. The van der Waals surface area contributed by atoms with Gasteiger partial charge in [-0.25, -0.2) is 0 Å². The monoisotopic (exact) mass is 425 g/mol. The van der Waals surface area contributed by atoms with Crippen molar-refractivity contribution in [2.45, 2.75) is 26.3 Å². The SMILES string of the molecule is COCC[NH+](CCOC)Cc1c([O-])ccc2c1OC(=Cc1ccc(C(C)C)cc1)C2=O. The largest absolute Gasteiger partial charge is 0.872 e. The van der Waals surface area contributed by atoms with Gasteiger partial charge in [-0.05, 0) is 29.2 Å². The summed E-state index contributed by atoms with van der Waals surface area (Å²) in [5.74, 6) is 0.750. The van der Waals surface area contributed by atoms with Crippen molar-refractivity contribution in [2.24, 2.45) is 0 Å². The highest BCUT2D eigenvalue weighted by atomic mass is 16.5. The summed E-state index contributed by atoms with van der Waals surface area (Å²) in [7, 11) is 3.31. The Hall–Kier alpha value is -2.67. The van der Waals surface area contributed by atoms with Crippen LogP contribution >= 0.6 is 0 Å². The van der Waals surface area contributed by atoms with Crippen molar-refractivity contribution in [1.29, 1.82) is 0 Å². The minimum atomic E-state index is -0.195. The predicted octanol–water partition coefficient (Wildman–Crippen LogP) is 2.18. The molecular weight excluding hydrogens is 394 g/mol. The molecule has 0 atom stereocenters. The number of carbonyl (C=O) groups excluding carboxylic acids is 1. The molecule has 1 aliphatic rings. The van der Waals surface area contributed by atoms with Gasteiger partial charge in [-0.2, -0.15) is 0 Å². The van der Waals surface area contributed by atoms with Gasteiger partial charge in [0.05, 0.1) is 18.8 Å². The predicted molar refractivity (Wildman–Crippen MR) is 118 cm³/mol. The molecule has 166 valence electrons. The number of ketones is 1. The second-order valence-electron chi connectivity index (χ2n) is 8.09. The van der Waals surface area contributed by atoms with Gasteiger partial charge in [0.25, 0.3) is 0 Å². The number of methoxy groups -OCH3 is 2. The molecule has 2 aromatic rings. The second kappa shape index (κ2) is 10.6. The third-order valence-electron chi connectivity index (χ3n) is 5.55. The van der Waals surface area contributed by atoms with E-state index in [0.29, 0.717) is 42.6 Å². The Kier molecular flexibility index (Phi) is 7.85. The number of benzene rings is 2. The molecule has 0 radical (unpaired) electrons. The Balaban J connectivity index is 1.86. The van der Waals surface area contributed by atoms with Crippen LogP contribution in [0.3, 0.4) is 0 Å². The third-order valence-corrected chi connectivity index (χ3v) is 5.55. The van der Waals surface area contributed by atoms with E-state index in [1.165, 1.54) is 11.6 Å². The van der Waals surface area contributed by atoms with E-state index in [4.69, 9.17) is 14.2 Å². The number of quaternary nitrogens is 1. The van der Waals surface area contributed by atoms with Crippen molar-refractivity contribution in [2.75, 3.05) is 40.5 Å². The van der Waals surface area contributed by atoms with E-state index in [2.05, 4.69) is 26.0 Å². The van der Waals surface area contributed by atoms with E-state index in [-0.39, 0.29) is 17.3 Å². The van der Waals surface area contributed by atoms with Crippen LogP contribution in [0.4, 0.5) is 0 Å². The van der Waals surface area contributed by atoms with Crippen LogP contribution in [0.2, 0.25) is 0 Å². The number of allylic oxidation sites excluding steroid dienone is 1. The van der Waals surface area contributed by atoms with Gasteiger partial charge in [0.15, 0.2) is 5.76 Å². The molecule has 2 aromatic carbocycles. The van der Waals surface area contributed by atoms with Gasteiger partial charge in [-0.15, -0.1) is 0 Å². The molecule has 1 N–H and O–H groups in total. The first-order valence-electron chi connectivity index (χ1n) is 10.6. The number of ether oxygens (including phenoxy) is 3. The molecule has 0 bridgehead atoms. The van der Waals surface area contributed by atoms with Crippen molar-refractivity contribution in [3.05, 3.63) is 64.4 Å². The number of hydrogen-bond acceptors (Lipinski definition) is 5. The maximum Gasteiger partial charge on any atom is 0.231 e. The molecule has 1 aliphatic heterocycles. The molecule has 0 saturated carbocycles. The molecule has 0 unspecified atom stereocenters. The van der Waals surface area contributed by atoms with Crippen molar-refractivity contribution >= 4 is 11.9 Å². The van der Waals surface area contributed by atoms with Crippen molar-refractivity contribution in [1.82, 2.24) is 0 Å². The summed E-state index contributed by atoms with van der Waals surface area (Å²) >= 11 is 0. The number of rotatable bonds is 10. The quantitative estimate of drug-likeness (QED) is 0.591. The minimum absolute atomic E-state index is 0.124. The molecule has 6 nitrogen and oxygen atoms in total. The molecule has 31 heavy (non-hydrogen) atoms. The lowest BCUT2D eigenvalue weighted by Gasteiger charge is -2.23. The van der Waals surface area contributed by atoms with Crippen LogP contribution in [-0.2, 0) is 16.0 Å². The van der Waals surface area contributed by atoms with Gasteiger partial charge >= 0.3 is 0 Å². The maximum absolute atomic E-state index is 12.9. The van der Waals surface area contributed by atoms with Gasteiger partial charge in [0.1, 0.15) is 25.4 Å². The summed E-state index contributed by atoms with van der Waals surface area (Å²) in [6.07, 6.45) is 1.74. The number of nitrogens with one attached hydrogen (secondary N) is 1. The molecule has 0 saturated heterocycles. The average Bonchev–Trinajstić information content (AvgIpc) is 3.07. The lowest BCUT2D eigenvalue weighted by molar-refractivity contribution is -0.914. The Bertz CT molecular complexity index is 926. The number of Topliss-reactive ketones (excluding diaryl/α,β-unsaturated/α-hetero) is 1. The Morgan fingerprint density at radius 2 is 1.68 bits per heavy atom. The number of carbonyl (C=O) groups is 1. The summed E-state index contributed by atoms with van der Waals surface area (Å²) < 4.78 is 16.4. The zero-order valence-electron chi connectivity index (χ0n) is 18.7. The van der Waals surface area contributed by atoms with Crippen molar-refractivity contribution in [3.8, 4) is 11.5 Å². The highest BCUT2D eigenvalue weighted by Gasteiger charge is 2.31. The molecular formula is C25H31NO5. The van der Waals surface area contributed by atoms with Crippen molar-refractivity contribution in [3.63, 3.8) is 0 Å². The van der Waals surface area contributed by atoms with E-state index in [0.717, 1.165) is 23.6 Å². The third kappa shape index (κ3) is 5.53. The molecule has 0 spiro atoms. The first-order valence-corrected chi connectivity index (χ1v) is 10.6. The van der Waals surface area contributed by atoms with Crippen molar-refractivity contribution < 1.29 is 29.0 Å². The number of hydrogen-bond donors (Lipinski definition) is 1. The van der Waals surface area contributed by atoms with Gasteiger partial charge in [0, 0.05) is 19.8 Å². The van der Waals surface area contributed by atoms with Crippen LogP contribution in [0.5, 0.6) is 11.5 Å². The van der Waals surface area contributed by atoms with Crippen LogP contribution in [0.25, 0.3) is 6.08 Å². The lowest BCUT2D eigenvalue weighted by Crippen LogP contribution is -3.11. The molecule has 0 aromatic heterocycles. The summed E-state index contributed by atoms with van der Waals surface area (Å²) in [6, 6.07) is 11.1. The van der Waals surface area contributed by atoms with Crippen LogP contribution in [-0.4, -0.2) is 46.3 Å². The van der Waals surface area contributed by atoms with Gasteiger partial charge in [0.2, 0.25) is 5.78 Å². The molecule has 6 heteroatoms. The zero-order valence-corrected chi connectivity index (χ0v) is 18.7. The summed E-state index contributed by atoms with van der Waals surface area (Å²) in [6.45, 7) is 7.31. The minimum Gasteiger partial charge on any atom is -0.872 e. The second-order valence-corrected chi connectivity index (χ2v) is 8.09. The first kappa shape index (κ1) is 23.0. The van der Waals surface area contributed by atoms with Gasteiger partial charge in [-0.1, -0.05) is 49.9 Å². The highest BCUT2D eigenvalue weighted by molar-refractivity contribution is 6.14. The van der Waals surface area contributed by atoms with E-state index >= 15 is 0 Å². The Morgan fingerprint density at radius 1 is 1.03 bits per heavy atom. The molecule has 1 heterocycles. The fourth-order valence-corrected chi connectivity index (χ4v) is 3.63. The fraction of sp³-hybridized carbons (Fsp3) is 0.400. The van der Waals surface area contributed by atoms with E-state index in [1.54, 1.807) is 26.4 Å². The Labute approximate surface area is 184 Å². The molecule has 0 aliphatic carbocycles. The summed E-state index contributed by atoms with van der Waals surface area (Å²) in [5.41, 5.74) is 3.08. The van der Waals surface area contributed by atoms with E-state index < -0.39 is 0 Å². The highest BCUT2D eigenvalue weighted by Crippen LogP contribution is 2.38. The number of fused-ring (bicyclic) bond motifs is 1. The van der Waals surface area contributed by atoms with Crippen LogP contribution in [0.15, 0.2) is 42.2 Å². The summed E-state index contributed by atoms with van der Waals surface area (Å²) in [4.78, 5) is 14.1. The van der Waals surface area contributed by atoms with Crippen LogP contribution < -0.4 is 14.7 Å². The van der Waals surface area contributed by atoms with E-state index in [1.807, 2.05) is 12.1 Å². The Morgan fingerprint density at radius 3 is 2.26 bits per heavy atom. The van der Waals surface area contributed by atoms with Gasteiger partial charge < -0.3 is 24.2 Å². The topological polar surface area (TPSA) is 72.3 Å². The smallest absolute Gasteiger partial charge is 0.231 e. The normalized spacial score (nSPS) is 14.5. The molecule has 3 rings (SSSR count). The van der Waals surface area contributed by atoms with Gasteiger partial charge in [-0.3, -0.25) is 4.79 Å². The maximum atomic E-state index is 12.9. The zero-order chi connectivity index (χ0) is 22.4. The fourth-order valence-electron chi connectivity index (χ4n) is 3.63. The van der Waals surface area contributed by atoms with Crippen LogP contribution in [0.1, 0.15) is 46.8 Å². The standard InChI is InChI=1S/C25H31NO5/c1-17(2)19-7-5-18(6-8-19)15-23-24(28)20-9-10-22(27)21(25(20)31-23)16-26(11-13-29-3)12-14-30-4/h5-10,15,17,27H,11-14,16H2,1-4H3. The average molecular weight is 426 g/mol.